The molecule has 7 nitrogen and oxygen atoms in total. The summed E-state index contributed by atoms with van der Waals surface area (Å²) in [6, 6.07) is 15.0. The summed E-state index contributed by atoms with van der Waals surface area (Å²) in [6.45, 7) is 2.45. The van der Waals surface area contributed by atoms with Crippen LogP contribution in [0.5, 0.6) is 5.75 Å². The molecule has 0 atom stereocenters. The number of rotatable bonds is 9. The number of benzene rings is 2. The molecule has 33 heavy (non-hydrogen) atoms. The maximum atomic E-state index is 11.5. The van der Waals surface area contributed by atoms with E-state index in [1.807, 2.05) is 42.0 Å². The summed E-state index contributed by atoms with van der Waals surface area (Å²) in [4.78, 5) is 20.5. The Labute approximate surface area is 197 Å². The number of nitrogens with zero attached hydrogens (tertiary/aromatic N) is 3. The van der Waals surface area contributed by atoms with Gasteiger partial charge in [-0.3, -0.25) is 4.57 Å². The van der Waals surface area contributed by atoms with Gasteiger partial charge in [-0.1, -0.05) is 23.7 Å². The van der Waals surface area contributed by atoms with Crippen LogP contribution in [0, 0.1) is 6.92 Å². The number of halogens is 1. The van der Waals surface area contributed by atoms with Crippen LogP contribution in [0.25, 0.3) is 17.3 Å². The lowest BCUT2D eigenvalue weighted by atomic mass is 10.1. The number of esters is 1. The maximum absolute atomic E-state index is 11.5. The number of unbranched alkanes of at least 4 members (excludes halogenated alkanes) is 1. The summed E-state index contributed by atoms with van der Waals surface area (Å²) in [5.74, 6) is 1.96. The molecule has 0 N–H and O–H groups in total. The SMILES string of the molecule is COC(=O)c1ccc(OCCCCc2oc(-n3ccnc3C)nc2-c2ccc(Cl)cc2)cc1. The van der Waals surface area contributed by atoms with Crippen molar-refractivity contribution in [3.63, 3.8) is 0 Å². The topological polar surface area (TPSA) is 79.4 Å². The molecule has 8 heteroatoms. The van der Waals surface area contributed by atoms with Crippen LogP contribution in [-0.2, 0) is 11.2 Å². The summed E-state index contributed by atoms with van der Waals surface area (Å²) in [7, 11) is 1.36. The van der Waals surface area contributed by atoms with Gasteiger partial charge in [0.05, 0.1) is 19.3 Å². The zero-order valence-corrected chi connectivity index (χ0v) is 19.2. The molecule has 2 aromatic carbocycles. The van der Waals surface area contributed by atoms with Crippen LogP contribution in [0.1, 0.15) is 34.8 Å². The van der Waals surface area contributed by atoms with Crippen molar-refractivity contribution in [3.05, 3.63) is 83.1 Å². The molecular formula is C25H24ClN3O4. The third-order valence-corrected chi connectivity index (χ3v) is 5.43. The summed E-state index contributed by atoms with van der Waals surface area (Å²) >= 11 is 6.05. The zero-order chi connectivity index (χ0) is 23.2. The Bertz CT molecular complexity index is 1210. The van der Waals surface area contributed by atoms with Crippen molar-refractivity contribution in [3.8, 4) is 23.0 Å². The van der Waals surface area contributed by atoms with Gasteiger partial charge in [0.25, 0.3) is 0 Å². The average Bonchev–Trinajstić information content (AvgIpc) is 3.45. The van der Waals surface area contributed by atoms with E-state index in [1.54, 1.807) is 30.5 Å². The van der Waals surface area contributed by atoms with Gasteiger partial charge in [0, 0.05) is 29.4 Å². The first kappa shape index (κ1) is 22.6. The molecule has 0 spiro atoms. The van der Waals surface area contributed by atoms with Crippen LogP contribution in [0.3, 0.4) is 0 Å². The molecule has 0 aliphatic carbocycles. The van der Waals surface area contributed by atoms with Crippen LogP contribution in [0.15, 0.2) is 65.3 Å². The fourth-order valence-electron chi connectivity index (χ4n) is 3.41. The third kappa shape index (κ3) is 5.43. The lowest BCUT2D eigenvalue weighted by Crippen LogP contribution is -2.02. The van der Waals surface area contributed by atoms with E-state index >= 15 is 0 Å². The van der Waals surface area contributed by atoms with Crippen molar-refractivity contribution in [2.45, 2.75) is 26.2 Å². The normalized spacial score (nSPS) is 10.9. The Kier molecular flexibility index (Phi) is 7.10. The third-order valence-electron chi connectivity index (χ3n) is 5.18. The van der Waals surface area contributed by atoms with E-state index in [9.17, 15) is 4.79 Å². The van der Waals surface area contributed by atoms with Gasteiger partial charge in [-0.15, -0.1) is 0 Å². The molecule has 2 aromatic heterocycles. The van der Waals surface area contributed by atoms with Crippen molar-refractivity contribution >= 4 is 17.6 Å². The van der Waals surface area contributed by atoms with Gasteiger partial charge in [-0.25, -0.2) is 9.78 Å². The zero-order valence-electron chi connectivity index (χ0n) is 18.5. The highest BCUT2D eigenvalue weighted by Crippen LogP contribution is 2.28. The smallest absolute Gasteiger partial charge is 0.337 e. The first-order chi connectivity index (χ1) is 16.0. The fourth-order valence-corrected chi connectivity index (χ4v) is 3.53. The molecule has 2 heterocycles. The summed E-state index contributed by atoms with van der Waals surface area (Å²) in [6.07, 6.45) is 5.95. The molecule has 0 fully saturated rings. The molecular weight excluding hydrogens is 442 g/mol. The second-order valence-corrected chi connectivity index (χ2v) is 7.88. The summed E-state index contributed by atoms with van der Waals surface area (Å²) in [5.41, 5.74) is 2.24. The number of hydrogen-bond donors (Lipinski definition) is 0. The molecule has 4 aromatic rings. The van der Waals surface area contributed by atoms with E-state index in [0.717, 1.165) is 35.7 Å². The number of carbonyl (C=O) groups excluding carboxylic acids is 1. The lowest BCUT2D eigenvalue weighted by Gasteiger charge is -2.07. The van der Waals surface area contributed by atoms with Gasteiger partial charge in [-0.05, 0) is 56.2 Å². The van der Waals surface area contributed by atoms with Crippen molar-refractivity contribution in [2.24, 2.45) is 0 Å². The Balaban J connectivity index is 1.39. The van der Waals surface area contributed by atoms with E-state index < -0.39 is 0 Å². The maximum Gasteiger partial charge on any atom is 0.337 e. The van der Waals surface area contributed by atoms with Gasteiger partial charge in [-0.2, -0.15) is 4.98 Å². The number of methoxy groups -OCH3 is 1. The van der Waals surface area contributed by atoms with Crippen molar-refractivity contribution in [2.75, 3.05) is 13.7 Å². The molecule has 0 amide bonds. The van der Waals surface area contributed by atoms with E-state index in [0.29, 0.717) is 35.4 Å². The molecule has 0 saturated heterocycles. The predicted octanol–water partition coefficient (Wildman–Crippen LogP) is 5.68. The van der Waals surface area contributed by atoms with E-state index in [4.69, 9.17) is 30.5 Å². The summed E-state index contributed by atoms with van der Waals surface area (Å²) < 4.78 is 18.5. The first-order valence-corrected chi connectivity index (χ1v) is 11.0. The van der Waals surface area contributed by atoms with E-state index in [-0.39, 0.29) is 5.97 Å². The second-order valence-electron chi connectivity index (χ2n) is 7.44. The number of oxazole rings is 1. The Morgan fingerprint density at radius 3 is 2.52 bits per heavy atom. The Hall–Kier alpha value is -3.58. The highest BCUT2D eigenvalue weighted by molar-refractivity contribution is 6.30. The molecule has 0 bridgehead atoms. The minimum Gasteiger partial charge on any atom is -0.494 e. The van der Waals surface area contributed by atoms with Crippen molar-refractivity contribution in [1.29, 1.82) is 0 Å². The molecule has 0 saturated carbocycles. The van der Waals surface area contributed by atoms with Crippen LogP contribution >= 0.6 is 11.6 Å². The average molecular weight is 466 g/mol. The van der Waals surface area contributed by atoms with Gasteiger partial charge in [0.1, 0.15) is 23.0 Å². The van der Waals surface area contributed by atoms with Crippen LogP contribution in [-0.4, -0.2) is 34.2 Å². The number of imidazole rings is 1. The van der Waals surface area contributed by atoms with Gasteiger partial charge in [0.2, 0.25) is 0 Å². The summed E-state index contributed by atoms with van der Waals surface area (Å²) in [5, 5.41) is 0.672. The molecule has 0 unspecified atom stereocenters. The van der Waals surface area contributed by atoms with Crippen molar-refractivity contribution < 1.29 is 18.7 Å². The van der Waals surface area contributed by atoms with Gasteiger partial charge in [0.15, 0.2) is 0 Å². The van der Waals surface area contributed by atoms with Crippen LogP contribution in [0.4, 0.5) is 0 Å². The highest BCUT2D eigenvalue weighted by Gasteiger charge is 2.17. The van der Waals surface area contributed by atoms with Crippen LogP contribution < -0.4 is 4.74 Å². The minimum atomic E-state index is -0.365. The second kappa shape index (κ2) is 10.4. The van der Waals surface area contributed by atoms with E-state index in [2.05, 4.69) is 4.98 Å². The number of ether oxygens (including phenoxy) is 2. The predicted molar refractivity (Wildman–Crippen MR) is 125 cm³/mol. The first-order valence-electron chi connectivity index (χ1n) is 10.6. The Morgan fingerprint density at radius 2 is 1.85 bits per heavy atom. The minimum absolute atomic E-state index is 0.365. The number of hydrogen-bond acceptors (Lipinski definition) is 6. The van der Waals surface area contributed by atoms with E-state index in [1.165, 1.54) is 7.11 Å². The molecule has 0 aliphatic rings. The monoisotopic (exact) mass is 465 g/mol. The molecule has 170 valence electrons. The molecule has 0 radical (unpaired) electrons. The van der Waals surface area contributed by atoms with Crippen molar-refractivity contribution in [1.82, 2.24) is 14.5 Å². The highest BCUT2D eigenvalue weighted by atomic mass is 35.5. The molecule has 4 rings (SSSR count). The molecule has 0 aliphatic heterocycles. The van der Waals surface area contributed by atoms with Gasteiger partial charge < -0.3 is 13.9 Å². The largest absolute Gasteiger partial charge is 0.494 e. The number of aryl methyl sites for hydroxylation is 2. The number of aromatic nitrogens is 3. The van der Waals surface area contributed by atoms with Crippen LogP contribution in [0.2, 0.25) is 5.02 Å². The quantitative estimate of drug-likeness (QED) is 0.234. The lowest BCUT2D eigenvalue weighted by molar-refractivity contribution is 0.0600. The number of carbonyl (C=O) groups is 1. The van der Waals surface area contributed by atoms with Gasteiger partial charge >= 0.3 is 12.0 Å². The Morgan fingerprint density at radius 1 is 1.09 bits per heavy atom. The fraction of sp³-hybridized carbons (Fsp3) is 0.240. The standard InChI is InChI=1S/C25H24ClN3O4/c1-17-27-14-15-29(17)25-28-23(18-6-10-20(26)11-7-18)22(33-25)5-3-4-16-32-21-12-8-19(9-13-21)24(30)31-2/h6-15H,3-5,16H2,1-2H3.